The zero-order valence-electron chi connectivity index (χ0n) is 17.4. The zero-order chi connectivity index (χ0) is 22.3. The largest absolute Gasteiger partial charge is 0.323 e. The number of rotatable bonds is 3. The summed E-state index contributed by atoms with van der Waals surface area (Å²) in [6.07, 6.45) is 1.26. The molecule has 8 heteroatoms. The number of sulfonamides is 1. The molecule has 0 saturated carbocycles. The fraction of sp³-hybridized carbons (Fsp3) is 0.292. The van der Waals surface area contributed by atoms with Crippen LogP contribution in [0.5, 0.6) is 0 Å². The van der Waals surface area contributed by atoms with E-state index in [1.54, 1.807) is 28.2 Å². The summed E-state index contributed by atoms with van der Waals surface area (Å²) < 4.78 is 29.5. The van der Waals surface area contributed by atoms with Crippen LogP contribution in [0.2, 0.25) is 0 Å². The Bertz CT molecular complexity index is 1260. The van der Waals surface area contributed by atoms with E-state index < -0.39 is 10.0 Å². The molecule has 1 spiro atoms. The molecule has 0 N–H and O–H groups in total. The molecule has 3 aromatic rings. The number of carbonyl (C=O) groups excluding carboxylic acids is 1. The molecule has 166 valence electrons. The fourth-order valence-electron chi connectivity index (χ4n) is 4.69. The number of amides is 1. The van der Waals surface area contributed by atoms with E-state index in [0.29, 0.717) is 42.9 Å². The highest BCUT2D eigenvalue weighted by atomic mass is 79.9. The monoisotopic (exact) mass is 530 g/mol. The van der Waals surface area contributed by atoms with Crippen molar-refractivity contribution in [2.24, 2.45) is 0 Å². The lowest BCUT2D eigenvalue weighted by atomic mass is 10.0. The summed E-state index contributed by atoms with van der Waals surface area (Å²) in [7, 11) is -3.61. The van der Waals surface area contributed by atoms with Gasteiger partial charge in [0.25, 0.3) is 5.91 Å². The van der Waals surface area contributed by atoms with Gasteiger partial charge in [-0.15, -0.1) is 11.8 Å². The number of fused-ring (bicyclic) bond motifs is 1. The second-order valence-corrected chi connectivity index (χ2v) is 12.4. The first-order valence-corrected chi connectivity index (χ1v) is 13.8. The van der Waals surface area contributed by atoms with Gasteiger partial charge in [-0.2, -0.15) is 4.31 Å². The highest BCUT2D eigenvalue weighted by Crippen LogP contribution is 2.45. The lowest BCUT2D eigenvalue weighted by molar-refractivity contribution is 0.0605. The van der Waals surface area contributed by atoms with Gasteiger partial charge in [-0.25, -0.2) is 8.42 Å². The van der Waals surface area contributed by atoms with Gasteiger partial charge in [0.1, 0.15) is 0 Å². The number of hydrogen-bond donors (Lipinski definition) is 0. The minimum Gasteiger partial charge on any atom is -0.323 e. The van der Waals surface area contributed by atoms with Crippen LogP contribution in [0.3, 0.4) is 0 Å². The van der Waals surface area contributed by atoms with Crippen molar-refractivity contribution in [2.45, 2.75) is 22.6 Å². The second-order valence-electron chi connectivity index (χ2n) is 8.14. The Morgan fingerprint density at radius 2 is 1.59 bits per heavy atom. The number of carbonyl (C=O) groups is 1. The lowest BCUT2D eigenvalue weighted by Gasteiger charge is -2.43. The van der Waals surface area contributed by atoms with Crippen LogP contribution in [0.1, 0.15) is 23.2 Å². The molecule has 2 aliphatic rings. The van der Waals surface area contributed by atoms with Crippen LogP contribution in [0.15, 0.2) is 76.1 Å². The molecule has 1 amide bonds. The Kier molecular flexibility index (Phi) is 5.82. The predicted octanol–water partition coefficient (Wildman–Crippen LogP) is 4.97. The standard InChI is InChI=1S/C24H23BrN2O3S2/c25-20-10-8-19(9-11-20)23(28)27-16-17-31-24(27)12-14-26(15-13-24)32(29,30)22-7-3-5-18-4-1-2-6-21(18)22/h1-11H,12-17H2. The van der Waals surface area contributed by atoms with E-state index >= 15 is 0 Å². The Labute approximate surface area is 201 Å². The van der Waals surface area contributed by atoms with E-state index in [1.807, 2.05) is 59.5 Å². The van der Waals surface area contributed by atoms with Gasteiger partial charge < -0.3 is 4.90 Å². The molecule has 0 radical (unpaired) electrons. The Balaban J connectivity index is 1.38. The molecule has 2 fully saturated rings. The molecular formula is C24H23BrN2O3S2. The van der Waals surface area contributed by atoms with E-state index in [0.717, 1.165) is 21.0 Å². The van der Waals surface area contributed by atoms with Crippen molar-refractivity contribution in [1.82, 2.24) is 9.21 Å². The van der Waals surface area contributed by atoms with Crippen LogP contribution < -0.4 is 0 Å². The number of thioether (sulfide) groups is 1. The lowest BCUT2D eigenvalue weighted by Crippen LogP contribution is -2.53. The average Bonchev–Trinajstić information content (AvgIpc) is 3.21. The second kappa shape index (κ2) is 8.48. The molecule has 2 saturated heterocycles. The van der Waals surface area contributed by atoms with E-state index in [9.17, 15) is 13.2 Å². The van der Waals surface area contributed by atoms with Gasteiger partial charge in [0.15, 0.2) is 0 Å². The van der Waals surface area contributed by atoms with Crippen LogP contribution in [0.4, 0.5) is 0 Å². The maximum atomic E-state index is 13.5. The minimum atomic E-state index is -3.61. The zero-order valence-corrected chi connectivity index (χ0v) is 20.6. The third-order valence-electron chi connectivity index (χ3n) is 6.39. The fourth-order valence-corrected chi connectivity index (χ4v) is 8.07. The first-order valence-electron chi connectivity index (χ1n) is 10.6. The molecule has 3 aromatic carbocycles. The SMILES string of the molecule is O=C(c1ccc(Br)cc1)N1CCSC12CCN(S(=O)(=O)c1cccc3ccccc13)CC2. The van der Waals surface area contributed by atoms with Gasteiger partial charge in [0.2, 0.25) is 10.0 Å². The summed E-state index contributed by atoms with van der Waals surface area (Å²) in [5, 5.41) is 1.66. The van der Waals surface area contributed by atoms with E-state index in [1.165, 1.54) is 0 Å². The summed E-state index contributed by atoms with van der Waals surface area (Å²) in [4.78, 5) is 15.2. The van der Waals surface area contributed by atoms with Crippen LogP contribution in [0, 0.1) is 0 Å². The third-order valence-corrected chi connectivity index (χ3v) is 10.4. The van der Waals surface area contributed by atoms with Crippen LogP contribution in [-0.2, 0) is 10.0 Å². The van der Waals surface area contributed by atoms with Crippen molar-refractivity contribution >= 4 is 54.4 Å². The van der Waals surface area contributed by atoms with Crippen molar-refractivity contribution in [2.75, 3.05) is 25.4 Å². The average molecular weight is 531 g/mol. The molecule has 5 rings (SSSR count). The molecule has 0 unspecified atom stereocenters. The first-order chi connectivity index (χ1) is 15.4. The first kappa shape index (κ1) is 21.9. The van der Waals surface area contributed by atoms with Crippen LogP contribution >= 0.6 is 27.7 Å². The molecule has 0 aromatic heterocycles. The number of hydrogen-bond acceptors (Lipinski definition) is 4. The smallest absolute Gasteiger partial charge is 0.254 e. The van der Waals surface area contributed by atoms with Crippen molar-refractivity contribution in [1.29, 1.82) is 0 Å². The van der Waals surface area contributed by atoms with Crippen molar-refractivity contribution < 1.29 is 13.2 Å². The van der Waals surface area contributed by atoms with Crippen molar-refractivity contribution in [3.05, 3.63) is 76.8 Å². The van der Waals surface area contributed by atoms with Gasteiger partial charge >= 0.3 is 0 Å². The quantitative estimate of drug-likeness (QED) is 0.479. The number of halogens is 1. The van der Waals surface area contributed by atoms with Crippen molar-refractivity contribution in [3.8, 4) is 0 Å². The van der Waals surface area contributed by atoms with Crippen molar-refractivity contribution in [3.63, 3.8) is 0 Å². The van der Waals surface area contributed by atoms with Gasteiger partial charge in [-0.05, 0) is 48.6 Å². The minimum absolute atomic E-state index is 0.0212. The normalized spacial score (nSPS) is 19.0. The van der Waals surface area contributed by atoms with Crippen LogP contribution in [-0.4, -0.2) is 53.8 Å². The number of benzene rings is 3. The summed E-state index contributed by atoms with van der Waals surface area (Å²) in [5.74, 6) is 0.895. The highest BCUT2D eigenvalue weighted by Gasteiger charge is 2.48. The van der Waals surface area contributed by atoms with Gasteiger partial charge in [0.05, 0.1) is 9.77 Å². The Morgan fingerprint density at radius 1 is 0.906 bits per heavy atom. The highest BCUT2D eigenvalue weighted by molar-refractivity contribution is 9.10. The maximum absolute atomic E-state index is 13.5. The Morgan fingerprint density at radius 3 is 2.34 bits per heavy atom. The summed E-state index contributed by atoms with van der Waals surface area (Å²) in [5.41, 5.74) is 0.667. The van der Waals surface area contributed by atoms with Gasteiger partial charge in [-0.1, -0.05) is 52.3 Å². The van der Waals surface area contributed by atoms with E-state index in [4.69, 9.17) is 0 Å². The van der Waals surface area contributed by atoms with Gasteiger partial charge in [-0.3, -0.25) is 4.79 Å². The molecule has 32 heavy (non-hydrogen) atoms. The summed E-state index contributed by atoms with van der Waals surface area (Å²) >= 11 is 5.20. The molecule has 0 bridgehead atoms. The van der Waals surface area contributed by atoms with E-state index in [-0.39, 0.29) is 10.8 Å². The molecular weight excluding hydrogens is 508 g/mol. The number of piperidine rings is 1. The topological polar surface area (TPSA) is 57.7 Å². The molecule has 2 aliphatic heterocycles. The number of nitrogens with zero attached hydrogens (tertiary/aromatic N) is 2. The van der Waals surface area contributed by atoms with Gasteiger partial charge in [0, 0.05) is 40.8 Å². The molecule has 0 atom stereocenters. The third kappa shape index (κ3) is 3.77. The summed E-state index contributed by atoms with van der Waals surface area (Å²) in [6.45, 7) is 1.50. The maximum Gasteiger partial charge on any atom is 0.254 e. The van der Waals surface area contributed by atoms with Crippen LogP contribution in [0.25, 0.3) is 10.8 Å². The molecule has 0 aliphatic carbocycles. The Hall–Kier alpha value is -1.87. The molecule has 2 heterocycles. The molecule has 5 nitrogen and oxygen atoms in total. The predicted molar refractivity (Wildman–Crippen MR) is 132 cm³/mol. The van der Waals surface area contributed by atoms with E-state index in [2.05, 4.69) is 15.9 Å². The summed E-state index contributed by atoms with van der Waals surface area (Å²) in [6, 6.07) is 20.4.